The van der Waals surface area contributed by atoms with E-state index in [9.17, 15) is 0 Å². The molecule has 0 spiro atoms. The van der Waals surface area contributed by atoms with Crippen molar-refractivity contribution in [3.05, 3.63) is 168 Å². The molecule has 0 bridgehead atoms. The van der Waals surface area contributed by atoms with Crippen molar-refractivity contribution in [2.75, 3.05) is 0 Å². The second-order valence-corrected chi connectivity index (χ2v) is 15.0. The molecular weight excluding hydrogens is 577 g/mol. The summed E-state index contributed by atoms with van der Waals surface area (Å²) in [6, 6.07) is 54.9. The molecule has 0 unspecified atom stereocenters. The minimum Gasteiger partial charge on any atom is -0.0616 e. The van der Waals surface area contributed by atoms with Crippen molar-refractivity contribution in [1.29, 1.82) is 0 Å². The van der Waals surface area contributed by atoms with Gasteiger partial charge in [-0.3, -0.25) is 0 Å². The number of hydrogen-bond acceptors (Lipinski definition) is 0. The van der Waals surface area contributed by atoms with E-state index in [1.54, 1.807) is 0 Å². The van der Waals surface area contributed by atoms with E-state index in [2.05, 4.69) is 173 Å². The van der Waals surface area contributed by atoms with Crippen LogP contribution < -0.4 is 0 Å². The lowest BCUT2D eigenvalue weighted by Gasteiger charge is -2.36. The molecular formula is C48H36. The first kappa shape index (κ1) is 27.6. The van der Waals surface area contributed by atoms with Crippen molar-refractivity contribution >= 4 is 32.3 Å². The van der Waals surface area contributed by atoms with Crippen LogP contribution in [0, 0.1) is 0 Å². The van der Waals surface area contributed by atoms with Gasteiger partial charge >= 0.3 is 0 Å². The fourth-order valence-electron chi connectivity index (χ4n) is 8.96. The van der Waals surface area contributed by atoms with Crippen LogP contribution in [0.15, 0.2) is 146 Å². The molecule has 0 radical (unpaired) electrons. The molecule has 8 aromatic rings. The highest BCUT2D eigenvalue weighted by Gasteiger charge is 2.41. The van der Waals surface area contributed by atoms with E-state index >= 15 is 0 Å². The molecule has 0 amide bonds. The predicted molar refractivity (Wildman–Crippen MR) is 205 cm³/mol. The minimum atomic E-state index is -0.139. The first-order valence-electron chi connectivity index (χ1n) is 17.2. The number of hydrogen-bond donors (Lipinski definition) is 0. The van der Waals surface area contributed by atoms with Gasteiger partial charge in [0, 0.05) is 10.8 Å². The average Bonchev–Trinajstić information content (AvgIpc) is 3.35. The molecule has 0 fully saturated rings. The Morgan fingerprint density at radius 2 is 0.833 bits per heavy atom. The molecule has 10 rings (SSSR count). The first-order valence-corrected chi connectivity index (χ1v) is 17.2. The SMILES string of the molecule is CC1(C)c2cc(-c3ccc4ccccc4c3)ccc2-c2c1cc1c3c(cccc23)C(C)(C)c2cc(-c3ccc4ccccc4c3)ccc2-1. The van der Waals surface area contributed by atoms with Crippen LogP contribution >= 0.6 is 0 Å². The molecule has 0 N–H and O–H groups in total. The van der Waals surface area contributed by atoms with Gasteiger partial charge < -0.3 is 0 Å². The van der Waals surface area contributed by atoms with Crippen LogP contribution in [0.3, 0.4) is 0 Å². The average molecular weight is 613 g/mol. The lowest BCUT2D eigenvalue weighted by atomic mass is 9.67. The molecule has 0 heteroatoms. The van der Waals surface area contributed by atoms with Crippen LogP contribution in [0.25, 0.3) is 76.8 Å². The molecule has 0 atom stereocenters. The van der Waals surface area contributed by atoms with Gasteiger partial charge in [0.1, 0.15) is 0 Å². The lowest BCUT2D eigenvalue weighted by Crippen LogP contribution is -2.24. The zero-order valence-corrected chi connectivity index (χ0v) is 27.9. The molecule has 0 saturated carbocycles. The summed E-state index contributed by atoms with van der Waals surface area (Å²) in [7, 11) is 0. The van der Waals surface area contributed by atoms with E-state index in [0.717, 1.165) is 0 Å². The van der Waals surface area contributed by atoms with Gasteiger partial charge in [0.25, 0.3) is 0 Å². The zero-order valence-electron chi connectivity index (χ0n) is 27.9. The van der Waals surface area contributed by atoms with Crippen LogP contribution in [-0.2, 0) is 10.8 Å². The first-order chi connectivity index (χ1) is 23.3. The van der Waals surface area contributed by atoms with Crippen LogP contribution in [-0.4, -0.2) is 0 Å². The fourth-order valence-corrected chi connectivity index (χ4v) is 8.96. The summed E-state index contributed by atoms with van der Waals surface area (Å²) in [5.74, 6) is 0. The Morgan fingerprint density at radius 3 is 1.46 bits per heavy atom. The topological polar surface area (TPSA) is 0 Å². The van der Waals surface area contributed by atoms with Crippen molar-refractivity contribution in [3.63, 3.8) is 0 Å². The molecule has 0 heterocycles. The third-order valence-electron chi connectivity index (χ3n) is 11.6. The summed E-state index contributed by atoms with van der Waals surface area (Å²) < 4.78 is 0. The zero-order chi connectivity index (χ0) is 32.4. The van der Waals surface area contributed by atoms with Gasteiger partial charge in [0.15, 0.2) is 0 Å². The normalized spacial score (nSPS) is 15.0. The second kappa shape index (κ2) is 9.55. The Labute approximate surface area is 282 Å². The molecule has 48 heavy (non-hydrogen) atoms. The maximum absolute atomic E-state index is 2.54. The minimum absolute atomic E-state index is 0.129. The summed E-state index contributed by atoms with van der Waals surface area (Å²) in [5, 5.41) is 7.91. The smallest absolute Gasteiger partial charge is 0.0159 e. The van der Waals surface area contributed by atoms with Crippen molar-refractivity contribution in [2.45, 2.75) is 38.5 Å². The van der Waals surface area contributed by atoms with Gasteiger partial charge in [0.05, 0.1) is 0 Å². The molecule has 8 aromatic carbocycles. The molecule has 0 saturated heterocycles. The monoisotopic (exact) mass is 612 g/mol. The standard InChI is InChI=1S/C48H36/c1-47(2)41-15-9-14-39-45-38-23-21-36(34-19-17-30-11-6-8-13-32(30)25-34)27-43(38)48(3,4)44(45)28-40(46(39)41)37-22-20-35(26-42(37)47)33-18-16-29-10-5-7-12-31(29)24-33/h5-28H,1-4H3. The Hall–Kier alpha value is -5.46. The van der Waals surface area contributed by atoms with Crippen molar-refractivity contribution < 1.29 is 0 Å². The molecule has 0 nitrogen and oxygen atoms in total. The fraction of sp³-hybridized carbons (Fsp3) is 0.125. The molecule has 228 valence electrons. The largest absolute Gasteiger partial charge is 0.0616 e. The van der Waals surface area contributed by atoms with Crippen molar-refractivity contribution in [3.8, 4) is 44.5 Å². The van der Waals surface area contributed by atoms with Gasteiger partial charge in [-0.25, -0.2) is 0 Å². The maximum atomic E-state index is 2.54. The molecule has 2 aliphatic carbocycles. The van der Waals surface area contributed by atoms with Crippen molar-refractivity contribution in [1.82, 2.24) is 0 Å². The number of rotatable bonds is 2. The van der Waals surface area contributed by atoms with Crippen LogP contribution in [0.2, 0.25) is 0 Å². The van der Waals surface area contributed by atoms with Crippen molar-refractivity contribution in [2.24, 2.45) is 0 Å². The Balaban J connectivity index is 1.16. The van der Waals surface area contributed by atoms with E-state index in [1.165, 1.54) is 99.1 Å². The third-order valence-corrected chi connectivity index (χ3v) is 11.6. The third kappa shape index (κ3) is 3.72. The molecule has 0 aliphatic heterocycles. The van der Waals surface area contributed by atoms with E-state index in [4.69, 9.17) is 0 Å². The Bertz CT molecular complexity index is 2660. The van der Waals surface area contributed by atoms with E-state index in [0.29, 0.717) is 0 Å². The predicted octanol–water partition coefficient (Wildman–Crippen LogP) is 13.1. The maximum Gasteiger partial charge on any atom is 0.0159 e. The lowest BCUT2D eigenvalue weighted by molar-refractivity contribution is 0.644. The van der Waals surface area contributed by atoms with Gasteiger partial charge in [-0.1, -0.05) is 143 Å². The summed E-state index contributed by atoms with van der Waals surface area (Å²) in [6.07, 6.45) is 0. The number of benzene rings is 8. The highest BCUT2D eigenvalue weighted by molar-refractivity contribution is 6.13. The summed E-state index contributed by atoms with van der Waals surface area (Å²) in [5.41, 5.74) is 16.0. The van der Waals surface area contributed by atoms with Crippen LogP contribution in [0.4, 0.5) is 0 Å². The van der Waals surface area contributed by atoms with E-state index in [1.807, 2.05) is 0 Å². The van der Waals surface area contributed by atoms with Gasteiger partial charge in [-0.15, -0.1) is 0 Å². The van der Waals surface area contributed by atoms with Crippen LogP contribution in [0.5, 0.6) is 0 Å². The Morgan fingerprint density at radius 1 is 0.333 bits per heavy atom. The van der Waals surface area contributed by atoms with Gasteiger partial charge in [-0.05, 0) is 129 Å². The Kier molecular flexibility index (Phi) is 5.50. The summed E-state index contributed by atoms with van der Waals surface area (Å²) >= 11 is 0. The summed E-state index contributed by atoms with van der Waals surface area (Å²) in [6.45, 7) is 9.66. The summed E-state index contributed by atoms with van der Waals surface area (Å²) in [4.78, 5) is 0. The quantitative estimate of drug-likeness (QED) is 0.182. The molecule has 2 aliphatic rings. The highest BCUT2D eigenvalue weighted by Crippen LogP contribution is 2.57. The van der Waals surface area contributed by atoms with Gasteiger partial charge in [-0.2, -0.15) is 0 Å². The molecule has 0 aromatic heterocycles. The number of fused-ring (bicyclic) bond motifs is 8. The van der Waals surface area contributed by atoms with Crippen LogP contribution in [0.1, 0.15) is 49.9 Å². The highest BCUT2D eigenvalue weighted by atomic mass is 14.4. The van der Waals surface area contributed by atoms with Gasteiger partial charge in [0.2, 0.25) is 0 Å². The van der Waals surface area contributed by atoms with E-state index in [-0.39, 0.29) is 10.8 Å². The van der Waals surface area contributed by atoms with E-state index < -0.39 is 0 Å². The second-order valence-electron chi connectivity index (χ2n) is 15.0.